The van der Waals surface area contributed by atoms with Gasteiger partial charge in [-0.2, -0.15) is 0 Å². The Labute approximate surface area is 170 Å². The van der Waals surface area contributed by atoms with Crippen LogP contribution >= 0.6 is 0 Å². The van der Waals surface area contributed by atoms with Crippen LogP contribution in [-0.2, 0) is 12.8 Å². The van der Waals surface area contributed by atoms with Gasteiger partial charge in [-0.25, -0.2) is 9.37 Å². The van der Waals surface area contributed by atoms with Crippen molar-refractivity contribution < 1.29 is 9.50 Å². The van der Waals surface area contributed by atoms with Gasteiger partial charge in [0.15, 0.2) is 0 Å². The number of aryl methyl sites for hydroxylation is 2. The van der Waals surface area contributed by atoms with Crippen LogP contribution in [-0.4, -0.2) is 27.7 Å². The summed E-state index contributed by atoms with van der Waals surface area (Å²) in [5.74, 6) is 0.758. The van der Waals surface area contributed by atoms with Crippen molar-refractivity contribution in [2.75, 3.05) is 11.9 Å². The van der Waals surface area contributed by atoms with E-state index in [4.69, 9.17) is 4.98 Å². The van der Waals surface area contributed by atoms with E-state index in [1.165, 1.54) is 24.1 Å². The molecule has 2 aromatic heterocycles. The lowest BCUT2D eigenvalue weighted by Crippen LogP contribution is -2.14. The van der Waals surface area contributed by atoms with Crippen molar-refractivity contribution in [3.8, 4) is 0 Å². The van der Waals surface area contributed by atoms with Gasteiger partial charge in [0, 0.05) is 29.9 Å². The number of fused-ring (bicyclic) bond motifs is 2. The average molecular weight is 391 g/mol. The van der Waals surface area contributed by atoms with Gasteiger partial charge in [-0.05, 0) is 67.5 Å². The molecular formula is C24H26FN3O. The van der Waals surface area contributed by atoms with E-state index in [0.717, 1.165) is 54.7 Å². The Morgan fingerprint density at radius 3 is 3.03 bits per heavy atom. The van der Waals surface area contributed by atoms with Crippen LogP contribution in [0.1, 0.15) is 42.5 Å². The number of hydrogen-bond donors (Lipinski definition) is 2. The fourth-order valence-corrected chi connectivity index (χ4v) is 3.69. The molecule has 3 heterocycles. The molecule has 0 aliphatic carbocycles. The van der Waals surface area contributed by atoms with E-state index in [1.54, 1.807) is 18.3 Å². The summed E-state index contributed by atoms with van der Waals surface area (Å²) in [4.78, 5) is 8.99. The predicted molar refractivity (Wildman–Crippen MR) is 115 cm³/mol. The van der Waals surface area contributed by atoms with E-state index < -0.39 is 6.10 Å². The maximum absolute atomic E-state index is 13.2. The zero-order chi connectivity index (χ0) is 20.1. The summed E-state index contributed by atoms with van der Waals surface area (Å²) in [5, 5.41) is 14.5. The molecule has 1 unspecified atom stereocenters. The van der Waals surface area contributed by atoms with Crippen molar-refractivity contribution >= 4 is 22.8 Å². The van der Waals surface area contributed by atoms with Crippen LogP contribution in [0.5, 0.6) is 0 Å². The molecule has 0 saturated heterocycles. The molecule has 0 bridgehead atoms. The molecule has 2 N–H and O–H groups in total. The van der Waals surface area contributed by atoms with Gasteiger partial charge in [-0.3, -0.25) is 4.98 Å². The van der Waals surface area contributed by atoms with Crippen molar-refractivity contribution in [2.24, 2.45) is 0 Å². The topological polar surface area (TPSA) is 58.0 Å². The number of rotatable bonds is 7. The van der Waals surface area contributed by atoms with Gasteiger partial charge in [0.25, 0.3) is 0 Å². The minimum absolute atomic E-state index is 0.287. The summed E-state index contributed by atoms with van der Waals surface area (Å²) in [7, 11) is 0. The normalized spacial score (nSPS) is 14.7. The summed E-state index contributed by atoms with van der Waals surface area (Å²) >= 11 is 0. The highest BCUT2D eigenvalue weighted by molar-refractivity contribution is 5.80. The SMILES string of the molecule is OC(C=Cc1cnc2cc(F)ccc2c1)CCCCc1ccc2c(n1)NCCC2. The minimum Gasteiger partial charge on any atom is -0.389 e. The Kier molecular flexibility index (Phi) is 6.15. The Hall–Kier alpha value is -2.79. The van der Waals surface area contributed by atoms with E-state index in [9.17, 15) is 9.50 Å². The number of aromatic nitrogens is 2. The molecule has 0 radical (unpaired) electrons. The highest BCUT2D eigenvalue weighted by Crippen LogP contribution is 2.21. The van der Waals surface area contributed by atoms with Crippen molar-refractivity contribution in [3.05, 3.63) is 71.3 Å². The van der Waals surface area contributed by atoms with Crippen LogP contribution in [0, 0.1) is 5.82 Å². The van der Waals surface area contributed by atoms with Gasteiger partial charge in [0.05, 0.1) is 11.6 Å². The third-order valence-corrected chi connectivity index (χ3v) is 5.31. The number of nitrogens with one attached hydrogen (secondary N) is 1. The molecule has 1 aromatic carbocycles. The van der Waals surface area contributed by atoms with Gasteiger partial charge in [-0.1, -0.05) is 24.6 Å². The average Bonchev–Trinajstić information content (AvgIpc) is 2.75. The molecule has 0 amide bonds. The lowest BCUT2D eigenvalue weighted by molar-refractivity contribution is 0.209. The van der Waals surface area contributed by atoms with Crippen LogP contribution in [0.15, 0.2) is 48.7 Å². The number of hydrogen-bond acceptors (Lipinski definition) is 4. The maximum Gasteiger partial charge on any atom is 0.129 e. The number of benzene rings is 1. The number of aliphatic hydroxyl groups excluding tert-OH is 1. The smallest absolute Gasteiger partial charge is 0.129 e. The Bertz CT molecular complexity index is 1020. The van der Waals surface area contributed by atoms with Crippen molar-refractivity contribution in [2.45, 2.75) is 44.6 Å². The van der Waals surface area contributed by atoms with E-state index in [1.807, 2.05) is 12.1 Å². The molecule has 1 aliphatic heterocycles. The summed E-state index contributed by atoms with van der Waals surface area (Å²) in [6, 6.07) is 10.8. The Balaban J connectivity index is 1.24. The Morgan fingerprint density at radius 2 is 2.10 bits per heavy atom. The molecule has 150 valence electrons. The zero-order valence-corrected chi connectivity index (χ0v) is 16.4. The van der Waals surface area contributed by atoms with E-state index in [-0.39, 0.29) is 5.82 Å². The number of halogens is 1. The highest BCUT2D eigenvalue weighted by Gasteiger charge is 2.10. The first kappa shape index (κ1) is 19.5. The lowest BCUT2D eigenvalue weighted by Gasteiger charge is -2.17. The number of aliphatic hydroxyl groups is 1. The largest absolute Gasteiger partial charge is 0.389 e. The maximum atomic E-state index is 13.2. The first-order chi connectivity index (χ1) is 14.2. The molecule has 0 saturated carbocycles. The van der Waals surface area contributed by atoms with Gasteiger partial charge in [-0.15, -0.1) is 0 Å². The number of nitrogens with zero attached hydrogens (tertiary/aromatic N) is 2. The van der Waals surface area contributed by atoms with Crippen LogP contribution in [0.2, 0.25) is 0 Å². The number of unbranched alkanes of at least 4 members (excludes halogenated alkanes) is 1. The standard InChI is InChI=1S/C24H26FN3O/c25-20-10-8-19-14-17(16-27-23(19)15-20)7-12-22(29)6-2-1-5-21-11-9-18-4-3-13-26-24(18)28-21/h7-12,14-16,22,29H,1-6,13H2,(H,26,28). The second kappa shape index (κ2) is 9.14. The molecule has 4 nitrogen and oxygen atoms in total. The fraction of sp³-hybridized carbons (Fsp3) is 0.333. The second-order valence-corrected chi connectivity index (χ2v) is 7.62. The zero-order valence-electron chi connectivity index (χ0n) is 16.4. The lowest BCUT2D eigenvalue weighted by atomic mass is 10.0. The summed E-state index contributed by atoms with van der Waals surface area (Å²) in [5.41, 5.74) is 3.96. The molecule has 1 aliphatic rings. The second-order valence-electron chi connectivity index (χ2n) is 7.62. The molecule has 5 heteroatoms. The fourth-order valence-electron chi connectivity index (χ4n) is 3.69. The van der Waals surface area contributed by atoms with Crippen molar-refractivity contribution in [1.29, 1.82) is 0 Å². The van der Waals surface area contributed by atoms with Gasteiger partial charge in [0.2, 0.25) is 0 Å². The summed E-state index contributed by atoms with van der Waals surface area (Å²) in [6.45, 7) is 1.01. The quantitative estimate of drug-likeness (QED) is 0.562. The third kappa shape index (κ3) is 5.18. The van der Waals surface area contributed by atoms with Crippen LogP contribution in [0.4, 0.5) is 10.2 Å². The molecule has 3 aromatic rings. The van der Waals surface area contributed by atoms with E-state index >= 15 is 0 Å². The minimum atomic E-state index is -0.489. The van der Waals surface area contributed by atoms with Crippen LogP contribution in [0.3, 0.4) is 0 Å². The monoisotopic (exact) mass is 391 g/mol. The third-order valence-electron chi connectivity index (χ3n) is 5.31. The molecule has 0 fully saturated rings. The summed E-state index contributed by atoms with van der Waals surface area (Å²) < 4.78 is 13.2. The van der Waals surface area contributed by atoms with Gasteiger partial charge >= 0.3 is 0 Å². The molecule has 1 atom stereocenters. The van der Waals surface area contributed by atoms with Gasteiger partial charge in [0.1, 0.15) is 11.6 Å². The number of pyridine rings is 2. The van der Waals surface area contributed by atoms with Crippen LogP contribution < -0.4 is 5.32 Å². The van der Waals surface area contributed by atoms with E-state index in [2.05, 4.69) is 22.4 Å². The molecular weight excluding hydrogens is 365 g/mol. The van der Waals surface area contributed by atoms with Crippen LogP contribution in [0.25, 0.3) is 17.0 Å². The highest BCUT2D eigenvalue weighted by atomic mass is 19.1. The molecule has 0 spiro atoms. The van der Waals surface area contributed by atoms with Gasteiger partial charge < -0.3 is 10.4 Å². The van der Waals surface area contributed by atoms with Crippen molar-refractivity contribution in [1.82, 2.24) is 9.97 Å². The summed E-state index contributed by atoms with van der Waals surface area (Å²) in [6.07, 6.45) is 10.7. The van der Waals surface area contributed by atoms with Crippen molar-refractivity contribution in [3.63, 3.8) is 0 Å². The van der Waals surface area contributed by atoms with E-state index in [0.29, 0.717) is 11.9 Å². The molecule has 29 heavy (non-hydrogen) atoms. The first-order valence-electron chi connectivity index (χ1n) is 10.3. The predicted octanol–water partition coefficient (Wildman–Crippen LogP) is 4.91. The first-order valence-corrected chi connectivity index (χ1v) is 10.3. The Morgan fingerprint density at radius 1 is 1.17 bits per heavy atom. The number of anilines is 1. The molecule has 4 rings (SSSR count).